The standard InChI is InChI=1S/C20H30N4O2/c1-15(22-19(25)13-16-7-3-2-4-8-16)20(26)23-17-10-12-24(14-17)18-9-5-6-11-21-18/h5-6,9,11,15-17H,2-4,7-8,10,12-14H2,1H3,(H,22,25)(H,23,26). The van der Waals surface area contributed by atoms with Gasteiger partial charge < -0.3 is 15.5 Å². The molecule has 1 aliphatic heterocycles. The molecule has 6 heteroatoms. The van der Waals surface area contributed by atoms with E-state index in [-0.39, 0.29) is 17.9 Å². The lowest BCUT2D eigenvalue weighted by Crippen LogP contribution is -2.49. The van der Waals surface area contributed by atoms with Gasteiger partial charge in [0.1, 0.15) is 11.9 Å². The lowest BCUT2D eigenvalue weighted by molar-refractivity contribution is -0.129. The van der Waals surface area contributed by atoms with Gasteiger partial charge in [0.05, 0.1) is 0 Å². The van der Waals surface area contributed by atoms with Gasteiger partial charge in [-0.2, -0.15) is 0 Å². The fourth-order valence-electron chi connectivity index (χ4n) is 3.97. The number of nitrogens with one attached hydrogen (secondary N) is 2. The van der Waals surface area contributed by atoms with Crippen LogP contribution in [0.4, 0.5) is 5.82 Å². The number of hydrogen-bond donors (Lipinski definition) is 2. The molecule has 0 aromatic carbocycles. The van der Waals surface area contributed by atoms with Gasteiger partial charge >= 0.3 is 0 Å². The molecule has 1 aromatic heterocycles. The molecule has 2 fully saturated rings. The second-order valence-corrected chi connectivity index (χ2v) is 7.63. The van der Waals surface area contributed by atoms with E-state index in [1.54, 1.807) is 13.1 Å². The summed E-state index contributed by atoms with van der Waals surface area (Å²) < 4.78 is 0. The molecule has 2 amide bonds. The summed E-state index contributed by atoms with van der Waals surface area (Å²) in [5, 5.41) is 5.93. The van der Waals surface area contributed by atoms with Crippen LogP contribution in [0.1, 0.15) is 51.9 Å². The Balaban J connectivity index is 1.40. The molecule has 0 bridgehead atoms. The van der Waals surface area contributed by atoms with Crippen LogP contribution >= 0.6 is 0 Å². The van der Waals surface area contributed by atoms with Crippen molar-refractivity contribution >= 4 is 17.6 Å². The number of nitrogens with zero attached hydrogens (tertiary/aromatic N) is 2. The van der Waals surface area contributed by atoms with Gasteiger partial charge in [0.15, 0.2) is 0 Å². The zero-order valence-electron chi connectivity index (χ0n) is 15.6. The van der Waals surface area contributed by atoms with Crippen LogP contribution in [0.15, 0.2) is 24.4 Å². The molecule has 3 rings (SSSR count). The van der Waals surface area contributed by atoms with E-state index in [0.29, 0.717) is 12.3 Å². The normalized spacial score (nSPS) is 22.0. The second-order valence-electron chi connectivity index (χ2n) is 7.63. The lowest BCUT2D eigenvalue weighted by Gasteiger charge is -2.23. The fourth-order valence-corrected chi connectivity index (χ4v) is 3.97. The molecule has 0 spiro atoms. The highest BCUT2D eigenvalue weighted by Gasteiger charge is 2.27. The highest BCUT2D eigenvalue weighted by Crippen LogP contribution is 2.26. The van der Waals surface area contributed by atoms with E-state index in [2.05, 4.69) is 20.5 Å². The molecule has 1 saturated carbocycles. The highest BCUT2D eigenvalue weighted by molar-refractivity contribution is 5.87. The van der Waals surface area contributed by atoms with Crippen molar-refractivity contribution in [3.8, 4) is 0 Å². The maximum atomic E-state index is 12.4. The Hall–Kier alpha value is -2.11. The SMILES string of the molecule is CC(NC(=O)CC1CCCCC1)C(=O)NC1CCN(c2ccccn2)C1. The largest absolute Gasteiger partial charge is 0.354 e. The lowest BCUT2D eigenvalue weighted by atomic mass is 9.87. The number of carbonyl (C=O) groups is 2. The zero-order chi connectivity index (χ0) is 18.4. The van der Waals surface area contributed by atoms with Crippen molar-refractivity contribution in [1.82, 2.24) is 15.6 Å². The molecule has 2 atom stereocenters. The van der Waals surface area contributed by atoms with Crippen LogP contribution in [0.25, 0.3) is 0 Å². The maximum Gasteiger partial charge on any atom is 0.242 e. The minimum absolute atomic E-state index is 0.00100. The van der Waals surface area contributed by atoms with Crippen LogP contribution in [0.2, 0.25) is 0 Å². The molecule has 1 aliphatic carbocycles. The van der Waals surface area contributed by atoms with E-state index in [9.17, 15) is 9.59 Å². The minimum Gasteiger partial charge on any atom is -0.354 e. The first-order valence-corrected chi connectivity index (χ1v) is 9.87. The molecular formula is C20H30N4O2. The predicted octanol–water partition coefficient (Wildman–Crippen LogP) is 2.25. The Morgan fingerprint density at radius 2 is 2.04 bits per heavy atom. The Bertz CT molecular complexity index is 601. The summed E-state index contributed by atoms with van der Waals surface area (Å²) in [5.74, 6) is 1.33. The van der Waals surface area contributed by atoms with Crippen LogP contribution in [0.5, 0.6) is 0 Å². The summed E-state index contributed by atoms with van der Waals surface area (Å²) in [6.45, 7) is 3.40. The first-order chi connectivity index (χ1) is 12.6. The van der Waals surface area contributed by atoms with Gasteiger partial charge in [-0.05, 0) is 44.2 Å². The van der Waals surface area contributed by atoms with E-state index in [4.69, 9.17) is 0 Å². The number of hydrogen-bond acceptors (Lipinski definition) is 4. The van der Waals surface area contributed by atoms with E-state index in [1.165, 1.54) is 19.3 Å². The number of pyridine rings is 1. The van der Waals surface area contributed by atoms with Crippen molar-refractivity contribution in [3.05, 3.63) is 24.4 Å². The van der Waals surface area contributed by atoms with Crippen LogP contribution < -0.4 is 15.5 Å². The van der Waals surface area contributed by atoms with Crippen molar-refractivity contribution in [2.75, 3.05) is 18.0 Å². The van der Waals surface area contributed by atoms with Crippen molar-refractivity contribution in [1.29, 1.82) is 0 Å². The first kappa shape index (κ1) is 18.7. The van der Waals surface area contributed by atoms with Gasteiger partial charge in [-0.1, -0.05) is 25.3 Å². The van der Waals surface area contributed by atoms with Crippen LogP contribution in [0, 0.1) is 5.92 Å². The number of rotatable bonds is 6. The Morgan fingerprint density at radius 1 is 1.23 bits per heavy atom. The molecule has 1 saturated heterocycles. The smallest absolute Gasteiger partial charge is 0.242 e. The summed E-state index contributed by atoms with van der Waals surface area (Å²) in [4.78, 5) is 31.1. The summed E-state index contributed by atoms with van der Waals surface area (Å²) in [6, 6.07) is 5.46. The Morgan fingerprint density at radius 3 is 2.77 bits per heavy atom. The average molecular weight is 358 g/mol. The van der Waals surface area contributed by atoms with Gasteiger partial charge in [0.25, 0.3) is 0 Å². The molecule has 2 N–H and O–H groups in total. The van der Waals surface area contributed by atoms with Crippen molar-refractivity contribution in [3.63, 3.8) is 0 Å². The van der Waals surface area contributed by atoms with Gasteiger partial charge in [0, 0.05) is 31.7 Å². The average Bonchev–Trinajstić information content (AvgIpc) is 3.11. The van der Waals surface area contributed by atoms with Crippen molar-refractivity contribution < 1.29 is 9.59 Å². The van der Waals surface area contributed by atoms with Crippen LogP contribution in [-0.2, 0) is 9.59 Å². The molecule has 2 unspecified atom stereocenters. The quantitative estimate of drug-likeness (QED) is 0.818. The fraction of sp³-hybridized carbons (Fsp3) is 0.650. The third kappa shape index (κ3) is 5.19. The predicted molar refractivity (Wildman–Crippen MR) is 102 cm³/mol. The third-order valence-electron chi connectivity index (χ3n) is 5.48. The van der Waals surface area contributed by atoms with Crippen molar-refractivity contribution in [2.24, 2.45) is 5.92 Å². The van der Waals surface area contributed by atoms with E-state index in [0.717, 1.165) is 38.2 Å². The second kappa shape index (κ2) is 9.01. The number of anilines is 1. The summed E-state index contributed by atoms with van der Waals surface area (Å²) in [6.07, 6.45) is 9.24. The first-order valence-electron chi connectivity index (χ1n) is 9.87. The summed E-state index contributed by atoms with van der Waals surface area (Å²) in [7, 11) is 0. The number of amides is 2. The Labute approximate surface area is 155 Å². The van der Waals surface area contributed by atoms with Crippen LogP contribution in [0.3, 0.4) is 0 Å². The molecule has 2 heterocycles. The van der Waals surface area contributed by atoms with E-state index >= 15 is 0 Å². The summed E-state index contributed by atoms with van der Waals surface area (Å²) in [5.41, 5.74) is 0. The van der Waals surface area contributed by atoms with Gasteiger partial charge in [-0.15, -0.1) is 0 Å². The number of carbonyl (C=O) groups excluding carboxylic acids is 2. The molecular weight excluding hydrogens is 328 g/mol. The zero-order valence-corrected chi connectivity index (χ0v) is 15.6. The molecule has 1 aromatic rings. The minimum atomic E-state index is -0.491. The molecule has 2 aliphatic rings. The topological polar surface area (TPSA) is 74.3 Å². The molecule has 6 nitrogen and oxygen atoms in total. The molecule has 142 valence electrons. The summed E-state index contributed by atoms with van der Waals surface area (Å²) >= 11 is 0. The monoisotopic (exact) mass is 358 g/mol. The Kier molecular flexibility index (Phi) is 6.47. The molecule has 26 heavy (non-hydrogen) atoms. The van der Waals surface area contributed by atoms with Gasteiger partial charge in [-0.25, -0.2) is 4.98 Å². The molecule has 0 radical (unpaired) electrons. The van der Waals surface area contributed by atoms with Gasteiger partial charge in [0.2, 0.25) is 11.8 Å². The van der Waals surface area contributed by atoms with E-state index in [1.807, 2.05) is 18.2 Å². The maximum absolute atomic E-state index is 12.4. The number of aromatic nitrogens is 1. The van der Waals surface area contributed by atoms with E-state index < -0.39 is 6.04 Å². The third-order valence-corrected chi connectivity index (χ3v) is 5.48. The van der Waals surface area contributed by atoms with Crippen LogP contribution in [-0.4, -0.2) is 42.0 Å². The van der Waals surface area contributed by atoms with Crippen molar-refractivity contribution in [2.45, 2.75) is 64.0 Å². The highest BCUT2D eigenvalue weighted by atomic mass is 16.2. The van der Waals surface area contributed by atoms with Gasteiger partial charge in [-0.3, -0.25) is 9.59 Å².